The fourth-order valence-corrected chi connectivity index (χ4v) is 1.85. The van der Waals surface area contributed by atoms with Crippen molar-refractivity contribution in [3.05, 3.63) is 0 Å². The predicted octanol–water partition coefficient (Wildman–Crippen LogP) is 0.782. The van der Waals surface area contributed by atoms with E-state index in [4.69, 9.17) is 0 Å². The summed E-state index contributed by atoms with van der Waals surface area (Å²) in [6, 6.07) is 0.529. The second kappa shape index (κ2) is 2.96. The Hall–Kier alpha value is -0.150. The van der Waals surface area contributed by atoms with Crippen molar-refractivity contribution in [2.75, 3.05) is 26.2 Å². The molecule has 1 N–H and O–H groups in total. The molecule has 0 aromatic rings. The van der Waals surface area contributed by atoms with Crippen LogP contribution in [-0.2, 0) is 0 Å². The molecule has 1 aliphatic heterocycles. The van der Waals surface area contributed by atoms with E-state index in [1.54, 1.807) is 0 Å². The highest BCUT2D eigenvalue weighted by Crippen LogP contribution is 2.40. The van der Waals surface area contributed by atoms with Crippen LogP contribution < -0.4 is 5.32 Å². The van der Waals surface area contributed by atoms with Gasteiger partial charge in [-0.3, -0.25) is 4.90 Å². The Morgan fingerprint density at radius 1 is 1.58 bits per heavy atom. The Bertz CT molecular complexity index is 168. The number of nitrogens with one attached hydrogen (secondary N) is 1. The van der Waals surface area contributed by atoms with E-state index >= 15 is 0 Å². The van der Waals surface area contributed by atoms with Crippen LogP contribution in [0.3, 0.4) is 0 Å². The molecule has 0 unspecified atom stereocenters. The smallest absolute Gasteiger partial charge is 0.123 e. The summed E-state index contributed by atoms with van der Waals surface area (Å²) in [5.41, 5.74) is -0.808. The van der Waals surface area contributed by atoms with Crippen molar-refractivity contribution in [3.63, 3.8) is 0 Å². The van der Waals surface area contributed by atoms with Gasteiger partial charge in [-0.05, 0) is 19.8 Å². The van der Waals surface area contributed by atoms with Crippen molar-refractivity contribution in [3.8, 4) is 0 Å². The Morgan fingerprint density at radius 3 is 2.92 bits per heavy atom. The molecule has 1 aliphatic carbocycles. The van der Waals surface area contributed by atoms with E-state index in [2.05, 4.69) is 17.1 Å². The highest BCUT2D eigenvalue weighted by atomic mass is 19.1. The summed E-state index contributed by atoms with van der Waals surface area (Å²) in [6.45, 7) is 5.85. The van der Waals surface area contributed by atoms with Gasteiger partial charge in [-0.15, -0.1) is 0 Å². The fourth-order valence-electron chi connectivity index (χ4n) is 1.85. The summed E-state index contributed by atoms with van der Waals surface area (Å²) in [7, 11) is 0. The molecule has 0 aromatic carbocycles. The zero-order valence-corrected chi connectivity index (χ0v) is 7.65. The minimum atomic E-state index is -0.808. The lowest BCUT2D eigenvalue weighted by Gasteiger charge is -2.32. The zero-order valence-electron chi connectivity index (χ0n) is 7.65. The van der Waals surface area contributed by atoms with Gasteiger partial charge >= 0.3 is 0 Å². The lowest BCUT2D eigenvalue weighted by molar-refractivity contribution is 0.143. The van der Waals surface area contributed by atoms with Crippen LogP contribution in [0.25, 0.3) is 0 Å². The van der Waals surface area contributed by atoms with Crippen molar-refractivity contribution in [1.82, 2.24) is 10.2 Å². The number of halogens is 1. The van der Waals surface area contributed by atoms with Gasteiger partial charge in [0.25, 0.3) is 0 Å². The lowest BCUT2D eigenvalue weighted by Crippen LogP contribution is -2.51. The van der Waals surface area contributed by atoms with Gasteiger partial charge in [-0.2, -0.15) is 0 Å². The van der Waals surface area contributed by atoms with Crippen molar-refractivity contribution >= 4 is 0 Å². The van der Waals surface area contributed by atoms with Crippen LogP contribution in [0, 0.1) is 0 Å². The molecule has 0 radical (unpaired) electrons. The van der Waals surface area contributed by atoms with Crippen molar-refractivity contribution in [2.45, 2.75) is 31.5 Å². The molecule has 2 rings (SSSR count). The first-order valence-corrected chi connectivity index (χ1v) is 4.83. The molecule has 0 amide bonds. The molecule has 2 aliphatic rings. The first-order valence-electron chi connectivity index (χ1n) is 4.83. The Kier molecular flexibility index (Phi) is 2.09. The van der Waals surface area contributed by atoms with Gasteiger partial charge in [0.1, 0.15) is 5.67 Å². The van der Waals surface area contributed by atoms with E-state index in [9.17, 15) is 4.39 Å². The highest BCUT2D eigenvalue weighted by molar-refractivity contribution is 4.97. The SMILES string of the molecule is C[C@H]1CN(CC2(F)CC2)CCN1. The van der Waals surface area contributed by atoms with Crippen LogP contribution in [-0.4, -0.2) is 42.8 Å². The summed E-state index contributed by atoms with van der Waals surface area (Å²) < 4.78 is 13.3. The van der Waals surface area contributed by atoms with E-state index in [0.717, 1.165) is 32.5 Å². The molecule has 12 heavy (non-hydrogen) atoms. The molecular formula is C9H17FN2. The zero-order chi connectivity index (χ0) is 8.60. The molecule has 2 nitrogen and oxygen atoms in total. The maximum absolute atomic E-state index is 13.3. The molecule has 1 saturated carbocycles. The molecule has 1 atom stereocenters. The van der Waals surface area contributed by atoms with Crippen molar-refractivity contribution in [2.24, 2.45) is 0 Å². The molecule has 0 aromatic heterocycles. The Balaban J connectivity index is 1.79. The summed E-state index contributed by atoms with van der Waals surface area (Å²) in [4.78, 5) is 2.24. The highest BCUT2D eigenvalue weighted by Gasteiger charge is 2.44. The maximum atomic E-state index is 13.3. The van der Waals surface area contributed by atoms with E-state index in [-0.39, 0.29) is 0 Å². The van der Waals surface area contributed by atoms with Gasteiger partial charge in [-0.1, -0.05) is 0 Å². The lowest BCUT2D eigenvalue weighted by atomic mass is 10.2. The Labute approximate surface area is 73.1 Å². The normalized spacial score (nSPS) is 35.0. The first-order chi connectivity index (χ1) is 5.68. The monoisotopic (exact) mass is 172 g/mol. The van der Waals surface area contributed by atoms with E-state index < -0.39 is 5.67 Å². The third-order valence-corrected chi connectivity index (χ3v) is 2.75. The quantitative estimate of drug-likeness (QED) is 0.662. The van der Waals surface area contributed by atoms with E-state index in [1.165, 1.54) is 0 Å². The third-order valence-electron chi connectivity index (χ3n) is 2.75. The molecule has 1 saturated heterocycles. The van der Waals surface area contributed by atoms with Gasteiger partial charge < -0.3 is 5.32 Å². The summed E-state index contributed by atoms with van der Waals surface area (Å²) in [5, 5.41) is 3.35. The van der Waals surface area contributed by atoms with Crippen LogP contribution in [0.4, 0.5) is 4.39 Å². The molecule has 3 heteroatoms. The number of hydrogen-bond donors (Lipinski definition) is 1. The predicted molar refractivity (Wildman–Crippen MR) is 47.0 cm³/mol. The molecule has 0 spiro atoms. The van der Waals surface area contributed by atoms with Gasteiger partial charge in [0.2, 0.25) is 0 Å². The second-order valence-corrected chi connectivity index (χ2v) is 4.24. The number of piperazine rings is 1. The van der Waals surface area contributed by atoms with Crippen LogP contribution >= 0.6 is 0 Å². The third kappa shape index (κ3) is 1.96. The average Bonchev–Trinajstić information content (AvgIpc) is 2.67. The van der Waals surface area contributed by atoms with E-state index in [1.807, 2.05) is 0 Å². The first kappa shape index (κ1) is 8.45. The molecule has 1 heterocycles. The Morgan fingerprint density at radius 2 is 2.33 bits per heavy atom. The second-order valence-electron chi connectivity index (χ2n) is 4.24. The van der Waals surface area contributed by atoms with E-state index in [0.29, 0.717) is 12.6 Å². The van der Waals surface area contributed by atoms with Crippen molar-refractivity contribution in [1.29, 1.82) is 0 Å². The van der Waals surface area contributed by atoms with Crippen LogP contribution in [0.15, 0.2) is 0 Å². The fraction of sp³-hybridized carbons (Fsp3) is 1.00. The summed E-state index contributed by atoms with van der Waals surface area (Å²) in [5.74, 6) is 0. The number of nitrogens with zero attached hydrogens (tertiary/aromatic N) is 1. The minimum Gasteiger partial charge on any atom is -0.312 e. The molecule has 0 bridgehead atoms. The molecule has 2 fully saturated rings. The largest absolute Gasteiger partial charge is 0.312 e. The van der Waals surface area contributed by atoms with Gasteiger partial charge in [-0.25, -0.2) is 4.39 Å². The van der Waals surface area contributed by atoms with Crippen LogP contribution in [0.2, 0.25) is 0 Å². The van der Waals surface area contributed by atoms with Crippen LogP contribution in [0.5, 0.6) is 0 Å². The average molecular weight is 172 g/mol. The van der Waals surface area contributed by atoms with Gasteiger partial charge in [0.05, 0.1) is 0 Å². The molecular weight excluding hydrogens is 155 g/mol. The van der Waals surface area contributed by atoms with Crippen LogP contribution in [0.1, 0.15) is 19.8 Å². The maximum Gasteiger partial charge on any atom is 0.123 e. The van der Waals surface area contributed by atoms with Gasteiger partial charge in [0, 0.05) is 32.2 Å². The van der Waals surface area contributed by atoms with Crippen molar-refractivity contribution < 1.29 is 4.39 Å². The number of alkyl halides is 1. The molecule has 70 valence electrons. The number of rotatable bonds is 2. The summed E-state index contributed by atoms with van der Waals surface area (Å²) in [6.07, 6.45) is 1.57. The minimum absolute atomic E-state index is 0.529. The summed E-state index contributed by atoms with van der Waals surface area (Å²) >= 11 is 0. The topological polar surface area (TPSA) is 15.3 Å². The number of hydrogen-bond acceptors (Lipinski definition) is 2. The van der Waals surface area contributed by atoms with Gasteiger partial charge in [0.15, 0.2) is 0 Å². The standard InChI is InChI=1S/C9H17FN2/c1-8-6-12(5-4-11-8)7-9(10)2-3-9/h8,11H,2-7H2,1H3/t8-/m0/s1.